The average Bonchev–Trinajstić information content (AvgIpc) is 2.75. The Balaban J connectivity index is 2.12. The van der Waals surface area contributed by atoms with Crippen LogP contribution in [0.5, 0.6) is 0 Å². The monoisotopic (exact) mass is 377 g/mol. The third kappa shape index (κ3) is 3.96. The molecule has 2 atom stereocenters. The van der Waals surface area contributed by atoms with Crippen LogP contribution in [0.4, 0.5) is 0 Å². The minimum Gasteiger partial charge on any atom is -0.313 e. The van der Waals surface area contributed by atoms with E-state index >= 15 is 0 Å². The molecule has 0 aromatic carbocycles. The molecule has 114 valence electrons. The lowest BCUT2D eigenvalue weighted by Gasteiger charge is -2.30. The Morgan fingerprint density at radius 3 is 2.80 bits per heavy atom. The number of rotatable bonds is 6. The van der Waals surface area contributed by atoms with Crippen molar-refractivity contribution in [1.82, 2.24) is 15.1 Å². The molecule has 0 aliphatic carbocycles. The molecule has 0 spiro atoms. The highest BCUT2D eigenvalue weighted by atomic mass is 79.9. The molecule has 1 aliphatic heterocycles. The molecule has 0 amide bonds. The van der Waals surface area contributed by atoms with E-state index in [0.717, 1.165) is 19.4 Å². The summed E-state index contributed by atoms with van der Waals surface area (Å²) in [6.07, 6.45) is 2.03. The van der Waals surface area contributed by atoms with E-state index in [0.29, 0.717) is 11.3 Å². The lowest BCUT2D eigenvalue weighted by Crippen LogP contribution is -2.43. The highest BCUT2D eigenvalue weighted by Crippen LogP contribution is 2.30. The van der Waals surface area contributed by atoms with Crippen molar-refractivity contribution in [3.63, 3.8) is 0 Å². The molecule has 6 heteroatoms. The van der Waals surface area contributed by atoms with Crippen molar-refractivity contribution in [2.24, 2.45) is 7.05 Å². The van der Waals surface area contributed by atoms with Crippen molar-refractivity contribution < 1.29 is 0 Å². The normalized spacial score (nSPS) is 21.1. The van der Waals surface area contributed by atoms with Gasteiger partial charge in [-0.3, -0.25) is 4.68 Å². The fourth-order valence-electron chi connectivity index (χ4n) is 2.59. The Hall–Kier alpha value is 0.350. The molecule has 3 nitrogen and oxygen atoms in total. The first-order valence-electron chi connectivity index (χ1n) is 7.30. The van der Waals surface area contributed by atoms with Crippen LogP contribution in [-0.2, 0) is 19.9 Å². The Labute approximate surface area is 139 Å². The SMILES string of the molecule is CCNC(Cc1c(Br)c(CC)nn1C)C1CSCCS1. The molecular formula is C14H24BrN3S2. The van der Waals surface area contributed by atoms with E-state index in [1.54, 1.807) is 0 Å². The van der Waals surface area contributed by atoms with Gasteiger partial charge >= 0.3 is 0 Å². The van der Waals surface area contributed by atoms with Gasteiger partial charge in [0.15, 0.2) is 0 Å². The minimum absolute atomic E-state index is 0.536. The number of aromatic nitrogens is 2. The van der Waals surface area contributed by atoms with E-state index in [9.17, 15) is 0 Å². The van der Waals surface area contributed by atoms with Crippen LogP contribution in [0.25, 0.3) is 0 Å². The molecule has 0 radical (unpaired) electrons. The summed E-state index contributed by atoms with van der Waals surface area (Å²) in [5.41, 5.74) is 2.49. The number of hydrogen-bond acceptors (Lipinski definition) is 4. The molecule has 0 saturated carbocycles. The summed E-state index contributed by atoms with van der Waals surface area (Å²) in [6.45, 7) is 5.39. The molecule has 1 N–H and O–H groups in total. The van der Waals surface area contributed by atoms with Crippen molar-refractivity contribution in [2.75, 3.05) is 23.8 Å². The summed E-state index contributed by atoms with van der Waals surface area (Å²) in [4.78, 5) is 0. The molecule has 1 aromatic heterocycles. The number of likely N-dealkylation sites (N-methyl/N-ethyl adjacent to an activating group) is 1. The first-order valence-corrected chi connectivity index (χ1v) is 10.3. The number of halogens is 1. The molecule has 2 unspecified atom stereocenters. The molecule has 0 bridgehead atoms. The maximum absolute atomic E-state index is 4.62. The standard InChI is InChI=1S/C14H24BrN3S2/c1-4-10-14(15)12(18(3)17-10)8-11(16-5-2)13-9-19-6-7-20-13/h11,13,16H,4-9H2,1-3H3. The van der Waals surface area contributed by atoms with Crippen LogP contribution in [0.3, 0.4) is 0 Å². The van der Waals surface area contributed by atoms with Gasteiger partial charge in [-0.2, -0.15) is 28.6 Å². The van der Waals surface area contributed by atoms with Crippen LogP contribution in [0.2, 0.25) is 0 Å². The second-order valence-electron chi connectivity index (χ2n) is 5.04. The number of aryl methyl sites for hydroxylation is 2. The Morgan fingerprint density at radius 1 is 1.45 bits per heavy atom. The number of nitrogens with one attached hydrogen (secondary N) is 1. The maximum Gasteiger partial charge on any atom is 0.0766 e. The zero-order chi connectivity index (χ0) is 14.5. The van der Waals surface area contributed by atoms with Gasteiger partial charge in [0.2, 0.25) is 0 Å². The minimum atomic E-state index is 0.536. The van der Waals surface area contributed by atoms with Gasteiger partial charge in [0.25, 0.3) is 0 Å². The lowest BCUT2D eigenvalue weighted by molar-refractivity contribution is 0.505. The summed E-state index contributed by atoms with van der Waals surface area (Å²) < 4.78 is 3.26. The van der Waals surface area contributed by atoms with Crippen molar-refractivity contribution >= 4 is 39.5 Å². The molecular weight excluding hydrogens is 354 g/mol. The Bertz CT molecular complexity index is 430. The van der Waals surface area contributed by atoms with E-state index < -0.39 is 0 Å². The van der Waals surface area contributed by atoms with E-state index in [-0.39, 0.29) is 0 Å². The van der Waals surface area contributed by atoms with Gasteiger partial charge in [-0.25, -0.2) is 0 Å². The van der Waals surface area contributed by atoms with Crippen molar-refractivity contribution in [3.8, 4) is 0 Å². The highest BCUT2D eigenvalue weighted by molar-refractivity contribution is 9.10. The van der Waals surface area contributed by atoms with Crippen LogP contribution in [0.1, 0.15) is 25.2 Å². The summed E-state index contributed by atoms with van der Waals surface area (Å²) in [5, 5.41) is 9.01. The predicted octanol–water partition coefficient (Wildman–Crippen LogP) is 3.11. The van der Waals surface area contributed by atoms with Crippen LogP contribution in [0.15, 0.2) is 4.47 Å². The van der Waals surface area contributed by atoms with Crippen LogP contribution < -0.4 is 5.32 Å². The van der Waals surface area contributed by atoms with Crippen molar-refractivity contribution in [1.29, 1.82) is 0 Å². The molecule has 20 heavy (non-hydrogen) atoms. The molecule has 1 aromatic rings. The zero-order valence-corrected chi connectivity index (χ0v) is 15.7. The van der Waals surface area contributed by atoms with Gasteiger partial charge < -0.3 is 5.32 Å². The zero-order valence-electron chi connectivity index (χ0n) is 12.5. The fraction of sp³-hybridized carbons (Fsp3) is 0.786. The third-order valence-corrected chi connectivity index (χ3v) is 7.51. The van der Waals surface area contributed by atoms with Gasteiger partial charge in [0, 0.05) is 42.0 Å². The predicted molar refractivity (Wildman–Crippen MR) is 95.0 cm³/mol. The Morgan fingerprint density at radius 2 is 2.25 bits per heavy atom. The summed E-state index contributed by atoms with van der Waals surface area (Å²) in [7, 11) is 2.06. The molecule has 2 rings (SSSR count). The second kappa shape index (κ2) is 8.11. The lowest BCUT2D eigenvalue weighted by atomic mass is 10.1. The van der Waals surface area contributed by atoms with E-state index in [1.807, 2.05) is 4.68 Å². The Kier molecular flexibility index (Phi) is 6.78. The van der Waals surface area contributed by atoms with E-state index in [1.165, 1.54) is 33.1 Å². The largest absolute Gasteiger partial charge is 0.313 e. The quantitative estimate of drug-likeness (QED) is 0.824. The van der Waals surface area contributed by atoms with Crippen molar-refractivity contribution in [2.45, 2.75) is 38.0 Å². The van der Waals surface area contributed by atoms with Gasteiger partial charge in [0.1, 0.15) is 0 Å². The number of hydrogen-bond donors (Lipinski definition) is 1. The second-order valence-corrected chi connectivity index (χ2v) is 8.33. The van der Waals surface area contributed by atoms with Gasteiger partial charge in [-0.15, -0.1) is 0 Å². The number of thioether (sulfide) groups is 2. The summed E-state index contributed by atoms with van der Waals surface area (Å²) in [5.74, 6) is 3.85. The smallest absolute Gasteiger partial charge is 0.0766 e. The molecule has 2 heterocycles. The van der Waals surface area contributed by atoms with E-state index in [4.69, 9.17) is 0 Å². The summed E-state index contributed by atoms with van der Waals surface area (Å²) in [6, 6.07) is 0.536. The van der Waals surface area contributed by atoms with Crippen LogP contribution in [0, 0.1) is 0 Å². The first-order chi connectivity index (χ1) is 9.67. The average molecular weight is 378 g/mol. The van der Waals surface area contributed by atoms with Gasteiger partial charge in [0.05, 0.1) is 15.9 Å². The topological polar surface area (TPSA) is 29.9 Å². The van der Waals surface area contributed by atoms with Crippen LogP contribution in [-0.4, -0.2) is 44.9 Å². The van der Waals surface area contributed by atoms with Gasteiger partial charge in [-0.1, -0.05) is 13.8 Å². The summed E-state index contributed by atoms with van der Waals surface area (Å²) >= 11 is 7.96. The first kappa shape index (κ1) is 16.7. The van der Waals surface area contributed by atoms with Gasteiger partial charge in [-0.05, 0) is 28.9 Å². The third-order valence-electron chi connectivity index (χ3n) is 3.67. The van der Waals surface area contributed by atoms with E-state index in [2.05, 4.69) is 70.8 Å². The molecule has 1 aliphatic rings. The maximum atomic E-state index is 4.62. The van der Waals surface area contributed by atoms with Crippen molar-refractivity contribution in [3.05, 3.63) is 15.9 Å². The van der Waals surface area contributed by atoms with Crippen LogP contribution >= 0.6 is 39.5 Å². The number of nitrogens with zero attached hydrogens (tertiary/aromatic N) is 2. The molecule has 1 saturated heterocycles. The fourth-order valence-corrected chi connectivity index (χ4v) is 6.25. The highest BCUT2D eigenvalue weighted by Gasteiger charge is 2.26. The molecule has 1 fully saturated rings.